The van der Waals surface area contributed by atoms with Crippen molar-refractivity contribution in [2.45, 2.75) is 0 Å². The van der Waals surface area contributed by atoms with E-state index in [4.69, 9.17) is 4.74 Å². The monoisotopic (exact) mass is 132 g/mol. The van der Waals surface area contributed by atoms with Gasteiger partial charge in [-0.3, -0.25) is 0 Å². The van der Waals surface area contributed by atoms with Gasteiger partial charge in [0.2, 0.25) is 0 Å². The molecular weight excluding hydrogens is 122 g/mol. The van der Waals surface area contributed by atoms with E-state index in [1.165, 1.54) is 0 Å². The van der Waals surface area contributed by atoms with Crippen molar-refractivity contribution in [3.8, 4) is 0 Å². The molecule has 1 aliphatic heterocycles. The fourth-order valence-electron chi connectivity index (χ4n) is 0.631. The van der Waals surface area contributed by atoms with Crippen molar-refractivity contribution in [3.05, 3.63) is 6.61 Å². The Labute approximate surface area is 54.3 Å². The number of hydrogen-bond donors (Lipinski definition) is 0. The van der Waals surface area contributed by atoms with Crippen LogP contribution in [0.2, 0.25) is 0 Å². The van der Waals surface area contributed by atoms with Crippen LogP contribution in [0.3, 0.4) is 0 Å². The fourth-order valence-corrected chi connectivity index (χ4v) is 1.10. The lowest BCUT2D eigenvalue weighted by molar-refractivity contribution is 0.133. The van der Waals surface area contributed by atoms with Crippen molar-refractivity contribution in [3.63, 3.8) is 0 Å². The second-order valence-corrected chi connectivity index (χ2v) is 2.49. The highest BCUT2D eigenvalue weighted by molar-refractivity contribution is 7.96. The number of rotatable bonds is 1. The maximum atomic E-state index is 5.02. The minimum Gasteiger partial charge on any atom is -0.373 e. The van der Waals surface area contributed by atoms with Crippen LogP contribution in [0.4, 0.5) is 0 Å². The van der Waals surface area contributed by atoms with Gasteiger partial charge in [-0.05, 0) is 6.26 Å². The molecule has 1 aliphatic rings. The molecule has 0 aromatic heterocycles. The second-order valence-electron chi connectivity index (χ2n) is 1.61. The number of morpholine rings is 1. The average molecular weight is 132 g/mol. The van der Waals surface area contributed by atoms with Crippen LogP contribution < -0.4 is 0 Å². The maximum absolute atomic E-state index is 5.02. The molecule has 0 aromatic rings. The zero-order valence-corrected chi connectivity index (χ0v) is 5.78. The van der Waals surface area contributed by atoms with E-state index in [9.17, 15) is 0 Å². The Balaban J connectivity index is 2.13. The van der Waals surface area contributed by atoms with Crippen LogP contribution in [0.1, 0.15) is 0 Å². The van der Waals surface area contributed by atoms with Crippen LogP contribution in [0.15, 0.2) is 0 Å². The summed E-state index contributed by atoms with van der Waals surface area (Å²) in [5.41, 5.74) is 0. The summed E-state index contributed by atoms with van der Waals surface area (Å²) in [4.78, 5) is 0. The van der Waals surface area contributed by atoms with Crippen molar-refractivity contribution < 1.29 is 4.74 Å². The molecule has 0 saturated carbocycles. The summed E-state index contributed by atoms with van der Waals surface area (Å²) in [6.45, 7) is 4.71. The molecule has 3 heteroatoms. The number of hydrogen-bond acceptors (Lipinski definition) is 3. The summed E-state index contributed by atoms with van der Waals surface area (Å²) >= 11 is 1.77. The van der Waals surface area contributed by atoms with E-state index in [0.29, 0.717) is 0 Å². The molecule has 2 nitrogen and oxygen atoms in total. The van der Waals surface area contributed by atoms with Crippen molar-refractivity contribution in [2.24, 2.45) is 0 Å². The number of nitrogens with zero attached hydrogens (tertiary/aromatic N) is 1. The largest absolute Gasteiger partial charge is 0.373 e. The maximum Gasteiger partial charge on any atom is 0.0986 e. The SMILES string of the molecule is CSN1C[CH]OCC1. The highest BCUT2D eigenvalue weighted by Crippen LogP contribution is 2.08. The molecule has 0 spiro atoms. The van der Waals surface area contributed by atoms with Crippen molar-refractivity contribution >= 4 is 11.9 Å². The third-order valence-electron chi connectivity index (χ3n) is 1.11. The first-order valence-electron chi connectivity index (χ1n) is 2.66. The van der Waals surface area contributed by atoms with Gasteiger partial charge in [-0.2, -0.15) is 0 Å². The predicted molar refractivity (Wildman–Crippen MR) is 35.3 cm³/mol. The van der Waals surface area contributed by atoms with Gasteiger partial charge < -0.3 is 4.74 Å². The highest BCUT2D eigenvalue weighted by atomic mass is 32.2. The summed E-state index contributed by atoms with van der Waals surface area (Å²) < 4.78 is 7.28. The van der Waals surface area contributed by atoms with Gasteiger partial charge in [0, 0.05) is 13.1 Å². The Morgan fingerprint density at radius 1 is 1.75 bits per heavy atom. The molecule has 0 aromatic carbocycles. The van der Waals surface area contributed by atoms with Crippen LogP contribution in [0, 0.1) is 6.61 Å². The van der Waals surface area contributed by atoms with E-state index in [1.807, 2.05) is 6.61 Å². The Kier molecular flexibility index (Phi) is 2.66. The molecule has 1 radical (unpaired) electrons. The number of ether oxygens (including phenoxy) is 1. The topological polar surface area (TPSA) is 12.5 Å². The Hall–Kier alpha value is 0.270. The molecule has 0 atom stereocenters. The average Bonchev–Trinajstić information content (AvgIpc) is 1.90. The van der Waals surface area contributed by atoms with Gasteiger partial charge in [0.15, 0.2) is 0 Å². The molecule has 1 rings (SSSR count). The Morgan fingerprint density at radius 2 is 2.62 bits per heavy atom. The molecule has 1 heterocycles. The summed E-state index contributed by atoms with van der Waals surface area (Å²) in [7, 11) is 0. The lowest BCUT2D eigenvalue weighted by atomic mass is 10.5. The lowest BCUT2D eigenvalue weighted by Gasteiger charge is -2.22. The minimum absolute atomic E-state index is 0.848. The molecule has 1 fully saturated rings. The molecular formula is C5H10NOS. The zero-order chi connectivity index (χ0) is 5.82. The molecule has 0 unspecified atom stereocenters. The fraction of sp³-hybridized carbons (Fsp3) is 0.800. The van der Waals surface area contributed by atoms with Gasteiger partial charge in [-0.15, -0.1) is 0 Å². The van der Waals surface area contributed by atoms with E-state index < -0.39 is 0 Å². The standard InChI is InChI=1S/C5H10NOS/c1-8-6-2-4-7-5-3-6/h4H,2-3,5H2,1H3. The molecule has 0 aliphatic carbocycles. The van der Waals surface area contributed by atoms with Gasteiger partial charge in [0.1, 0.15) is 0 Å². The zero-order valence-electron chi connectivity index (χ0n) is 4.96. The van der Waals surface area contributed by atoms with Crippen molar-refractivity contribution in [1.82, 2.24) is 4.31 Å². The van der Waals surface area contributed by atoms with E-state index in [-0.39, 0.29) is 0 Å². The van der Waals surface area contributed by atoms with Gasteiger partial charge in [0.05, 0.1) is 13.2 Å². The van der Waals surface area contributed by atoms with Gasteiger partial charge in [-0.25, -0.2) is 4.31 Å². The van der Waals surface area contributed by atoms with Crippen LogP contribution in [0.5, 0.6) is 0 Å². The van der Waals surface area contributed by atoms with Crippen LogP contribution in [-0.4, -0.2) is 30.3 Å². The van der Waals surface area contributed by atoms with Crippen LogP contribution in [-0.2, 0) is 4.74 Å². The lowest BCUT2D eigenvalue weighted by Crippen LogP contribution is -2.27. The minimum atomic E-state index is 0.848. The smallest absolute Gasteiger partial charge is 0.0986 e. The molecule has 8 heavy (non-hydrogen) atoms. The van der Waals surface area contributed by atoms with Crippen molar-refractivity contribution in [2.75, 3.05) is 26.0 Å². The summed E-state index contributed by atoms with van der Waals surface area (Å²) in [5, 5.41) is 0. The molecule has 0 amide bonds. The molecule has 47 valence electrons. The van der Waals surface area contributed by atoms with E-state index in [0.717, 1.165) is 19.7 Å². The first-order chi connectivity index (χ1) is 3.93. The Bertz CT molecular complexity index is 63.4. The van der Waals surface area contributed by atoms with Gasteiger partial charge >= 0.3 is 0 Å². The normalized spacial score (nSPS) is 23.6. The molecule has 1 saturated heterocycles. The second kappa shape index (κ2) is 3.33. The summed E-state index contributed by atoms with van der Waals surface area (Å²) in [6, 6.07) is 0. The van der Waals surface area contributed by atoms with E-state index in [2.05, 4.69) is 10.6 Å². The third-order valence-corrected chi connectivity index (χ3v) is 1.96. The summed E-state index contributed by atoms with van der Waals surface area (Å²) in [5.74, 6) is 0. The highest BCUT2D eigenvalue weighted by Gasteiger charge is 2.07. The first-order valence-corrected chi connectivity index (χ1v) is 3.84. The van der Waals surface area contributed by atoms with Gasteiger partial charge in [0.25, 0.3) is 0 Å². The van der Waals surface area contributed by atoms with Crippen molar-refractivity contribution in [1.29, 1.82) is 0 Å². The summed E-state index contributed by atoms with van der Waals surface area (Å²) in [6.07, 6.45) is 2.08. The quantitative estimate of drug-likeness (QED) is 0.489. The van der Waals surface area contributed by atoms with E-state index >= 15 is 0 Å². The van der Waals surface area contributed by atoms with Crippen LogP contribution >= 0.6 is 11.9 Å². The van der Waals surface area contributed by atoms with Gasteiger partial charge in [-0.1, -0.05) is 11.9 Å². The molecule has 0 N–H and O–H groups in total. The molecule has 0 bridgehead atoms. The Morgan fingerprint density at radius 3 is 3.00 bits per heavy atom. The first kappa shape index (κ1) is 6.39. The third kappa shape index (κ3) is 1.65. The van der Waals surface area contributed by atoms with Crippen LogP contribution in [0.25, 0.3) is 0 Å². The van der Waals surface area contributed by atoms with E-state index in [1.54, 1.807) is 11.9 Å². The predicted octanol–water partition coefficient (Wildman–Crippen LogP) is 0.758.